The molecular formula is C30H25N3O2S2. The zero-order chi connectivity index (χ0) is 25.8. The normalized spacial score (nSPS) is 11.7. The number of benzene rings is 4. The highest BCUT2D eigenvalue weighted by Gasteiger charge is 2.23. The summed E-state index contributed by atoms with van der Waals surface area (Å²) in [5.41, 5.74) is 5.27. The maximum absolute atomic E-state index is 13.5. The number of thiazole rings is 1. The van der Waals surface area contributed by atoms with Crippen molar-refractivity contribution in [2.24, 2.45) is 0 Å². The minimum absolute atomic E-state index is 0.152. The van der Waals surface area contributed by atoms with Gasteiger partial charge < -0.3 is 10.6 Å². The zero-order valence-corrected chi connectivity index (χ0v) is 22.0. The molecule has 5 aromatic rings. The molecule has 184 valence electrons. The SMILES string of the molecule is Cc1ccc(C(=O)Nc2cccc(SC(C(=O)Nc3nc4ccc(C)cc4s3)c3ccccc3)c2)cc1. The van der Waals surface area contributed by atoms with Gasteiger partial charge in [0.25, 0.3) is 5.91 Å². The van der Waals surface area contributed by atoms with Gasteiger partial charge in [0.1, 0.15) is 5.25 Å². The molecule has 2 amide bonds. The van der Waals surface area contributed by atoms with Crippen molar-refractivity contribution in [2.75, 3.05) is 10.6 Å². The zero-order valence-electron chi connectivity index (χ0n) is 20.4. The van der Waals surface area contributed by atoms with Gasteiger partial charge in [0.2, 0.25) is 5.91 Å². The standard InChI is InChI=1S/C30H25N3O2S2/c1-19-11-14-22(15-12-19)28(34)31-23-9-6-10-24(18-23)36-27(21-7-4-3-5-8-21)29(35)33-30-32-25-16-13-20(2)17-26(25)37-30/h3-18,27H,1-2H3,(H,31,34)(H,32,33,35). The molecule has 0 aliphatic rings. The van der Waals surface area contributed by atoms with Gasteiger partial charge in [-0.2, -0.15) is 0 Å². The highest BCUT2D eigenvalue weighted by molar-refractivity contribution is 8.00. The molecule has 0 bridgehead atoms. The number of nitrogens with zero attached hydrogens (tertiary/aromatic N) is 1. The number of rotatable bonds is 7. The summed E-state index contributed by atoms with van der Waals surface area (Å²) >= 11 is 2.90. The lowest BCUT2D eigenvalue weighted by Gasteiger charge is -2.17. The van der Waals surface area contributed by atoms with Crippen molar-refractivity contribution in [3.63, 3.8) is 0 Å². The minimum Gasteiger partial charge on any atom is -0.322 e. The summed E-state index contributed by atoms with van der Waals surface area (Å²) in [6.45, 7) is 4.02. The minimum atomic E-state index is -0.502. The van der Waals surface area contributed by atoms with Crippen LogP contribution in [0.25, 0.3) is 10.2 Å². The van der Waals surface area contributed by atoms with Crippen molar-refractivity contribution in [2.45, 2.75) is 24.0 Å². The summed E-state index contributed by atoms with van der Waals surface area (Å²) < 4.78 is 1.04. The summed E-state index contributed by atoms with van der Waals surface area (Å²) in [6, 6.07) is 30.7. The van der Waals surface area contributed by atoms with Crippen molar-refractivity contribution < 1.29 is 9.59 Å². The lowest BCUT2D eigenvalue weighted by atomic mass is 10.1. The topological polar surface area (TPSA) is 71.1 Å². The van der Waals surface area contributed by atoms with E-state index >= 15 is 0 Å². The second-order valence-corrected chi connectivity index (χ2v) is 10.9. The molecule has 1 unspecified atom stereocenters. The van der Waals surface area contributed by atoms with Gasteiger partial charge in [0.15, 0.2) is 5.13 Å². The Kier molecular flexibility index (Phi) is 7.35. The maximum Gasteiger partial charge on any atom is 0.255 e. The summed E-state index contributed by atoms with van der Waals surface area (Å²) in [7, 11) is 0. The first-order chi connectivity index (χ1) is 17.9. The molecule has 2 N–H and O–H groups in total. The Balaban J connectivity index is 1.36. The molecule has 0 aliphatic carbocycles. The smallest absolute Gasteiger partial charge is 0.255 e. The molecule has 7 heteroatoms. The van der Waals surface area contributed by atoms with Gasteiger partial charge in [-0.05, 0) is 67.4 Å². The summed E-state index contributed by atoms with van der Waals surface area (Å²) in [4.78, 5) is 31.7. The highest BCUT2D eigenvalue weighted by Crippen LogP contribution is 2.38. The van der Waals surface area contributed by atoms with Crippen LogP contribution in [0.1, 0.15) is 32.3 Å². The predicted octanol–water partition coefficient (Wildman–Crippen LogP) is 7.64. The van der Waals surface area contributed by atoms with E-state index in [0.717, 1.165) is 31.8 Å². The van der Waals surface area contributed by atoms with Gasteiger partial charge in [-0.15, -0.1) is 11.8 Å². The molecule has 5 nitrogen and oxygen atoms in total. The lowest BCUT2D eigenvalue weighted by Crippen LogP contribution is -2.19. The number of carbonyl (C=O) groups excluding carboxylic acids is 2. The van der Waals surface area contributed by atoms with E-state index in [-0.39, 0.29) is 11.8 Å². The Hall–Kier alpha value is -3.94. The van der Waals surface area contributed by atoms with E-state index in [0.29, 0.717) is 16.4 Å². The molecule has 0 saturated carbocycles. The largest absolute Gasteiger partial charge is 0.322 e. The summed E-state index contributed by atoms with van der Waals surface area (Å²) in [5.74, 6) is -0.327. The van der Waals surface area contributed by atoms with Gasteiger partial charge in [-0.1, -0.05) is 71.5 Å². The monoisotopic (exact) mass is 523 g/mol. The molecule has 0 fully saturated rings. The first-order valence-electron chi connectivity index (χ1n) is 11.8. The lowest BCUT2D eigenvalue weighted by molar-refractivity contribution is -0.115. The molecule has 0 spiro atoms. The molecule has 0 saturated heterocycles. The molecule has 37 heavy (non-hydrogen) atoms. The van der Waals surface area contributed by atoms with Crippen LogP contribution < -0.4 is 10.6 Å². The highest BCUT2D eigenvalue weighted by atomic mass is 32.2. The van der Waals surface area contributed by atoms with Gasteiger partial charge in [0.05, 0.1) is 10.2 Å². The molecule has 1 atom stereocenters. The molecule has 1 heterocycles. The van der Waals surface area contributed by atoms with E-state index in [1.54, 1.807) is 0 Å². The number of hydrogen-bond donors (Lipinski definition) is 2. The van der Waals surface area contributed by atoms with Crippen molar-refractivity contribution in [3.05, 3.63) is 119 Å². The third-order valence-electron chi connectivity index (χ3n) is 5.77. The number of aromatic nitrogens is 1. The molecule has 0 aliphatic heterocycles. The van der Waals surface area contributed by atoms with E-state index in [9.17, 15) is 9.59 Å². The van der Waals surface area contributed by atoms with E-state index in [1.165, 1.54) is 23.1 Å². The molecule has 1 aromatic heterocycles. The number of anilines is 2. The number of nitrogens with one attached hydrogen (secondary N) is 2. The first-order valence-corrected chi connectivity index (χ1v) is 13.5. The van der Waals surface area contributed by atoms with Crippen LogP contribution in [0.5, 0.6) is 0 Å². The van der Waals surface area contributed by atoms with Crippen molar-refractivity contribution >= 4 is 55.9 Å². The molecular weight excluding hydrogens is 498 g/mol. The van der Waals surface area contributed by atoms with E-state index in [2.05, 4.69) is 21.7 Å². The van der Waals surface area contributed by atoms with Crippen molar-refractivity contribution in [1.82, 2.24) is 4.98 Å². The van der Waals surface area contributed by atoms with Crippen LogP contribution in [0.4, 0.5) is 10.8 Å². The fourth-order valence-corrected chi connectivity index (χ4v) is 5.90. The fourth-order valence-electron chi connectivity index (χ4n) is 3.85. The number of thioether (sulfide) groups is 1. The summed E-state index contributed by atoms with van der Waals surface area (Å²) in [5, 5.41) is 6.05. The number of amides is 2. The van der Waals surface area contributed by atoms with Crippen LogP contribution in [0.3, 0.4) is 0 Å². The molecule has 4 aromatic carbocycles. The first kappa shape index (κ1) is 24.7. The number of hydrogen-bond acceptors (Lipinski definition) is 5. The van der Waals surface area contributed by atoms with Crippen molar-refractivity contribution in [3.8, 4) is 0 Å². The van der Waals surface area contributed by atoms with Crippen LogP contribution in [0.2, 0.25) is 0 Å². The third-order valence-corrected chi connectivity index (χ3v) is 7.96. The van der Waals surface area contributed by atoms with E-state index in [4.69, 9.17) is 0 Å². The maximum atomic E-state index is 13.5. The average Bonchev–Trinajstić information content (AvgIpc) is 3.29. The Morgan fingerprint density at radius 1 is 0.811 bits per heavy atom. The van der Waals surface area contributed by atoms with Crippen LogP contribution in [-0.4, -0.2) is 16.8 Å². The van der Waals surface area contributed by atoms with Crippen LogP contribution in [0, 0.1) is 13.8 Å². The van der Waals surface area contributed by atoms with Crippen LogP contribution in [-0.2, 0) is 4.79 Å². The fraction of sp³-hybridized carbons (Fsp3) is 0.100. The van der Waals surface area contributed by atoms with Gasteiger partial charge in [0, 0.05) is 16.1 Å². The van der Waals surface area contributed by atoms with E-state index in [1.807, 2.05) is 105 Å². The second-order valence-electron chi connectivity index (χ2n) is 8.74. The van der Waals surface area contributed by atoms with Gasteiger partial charge in [-0.25, -0.2) is 4.98 Å². The molecule has 5 rings (SSSR count). The Morgan fingerprint density at radius 2 is 1.57 bits per heavy atom. The van der Waals surface area contributed by atoms with Crippen molar-refractivity contribution in [1.29, 1.82) is 0 Å². The average molecular weight is 524 g/mol. The Morgan fingerprint density at radius 3 is 2.35 bits per heavy atom. The third kappa shape index (κ3) is 6.07. The predicted molar refractivity (Wildman–Crippen MR) is 154 cm³/mol. The van der Waals surface area contributed by atoms with Crippen LogP contribution in [0.15, 0.2) is 102 Å². The Labute approximate surface area is 224 Å². The number of carbonyl (C=O) groups is 2. The van der Waals surface area contributed by atoms with Gasteiger partial charge in [-0.3, -0.25) is 9.59 Å². The second kappa shape index (κ2) is 11.0. The number of aryl methyl sites for hydroxylation is 2. The van der Waals surface area contributed by atoms with Crippen LogP contribution >= 0.6 is 23.1 Å². The summed E-state index contributed by atoms with van der Waals surface area (Å²) in [6.07, 6.45) is 0. The van der Waals surface area contributed by atoms with Gasteiger partial charge >= 0.3 is 0 Å². The molecule has 0 radical (unpaired) electrons. The quantitative estimate of drug-likeness (QED) is 0.215. The number of fused-ring (bicyclic) bond motifs is 1. The Bertz CT molecular complexity index is 1560. The van der Waals surface area contributed by atoms with E-state index < -0.39 is 5.25 Å².